The van der Waals surface area contributed by atoms with Gasteiger partial charge < -0.3 is 5.73 Å². The van der Waals surface area contributed by atoms with Crippen LogP contribution in [0.1, 0.15) is 32.3 Å². The lowest BCUT2D eigenvalue weighted by Crippen LogP contribution is -2.10. The number of nitrogens with zero attached hydrogens (tertiary/aromatic N) is 1. The number of carbonyl (C=O) groups excluding carboxylic acids is 1. The van der Waals surface area contributed by atoms with Gasteiger partial charge in [0.1, 0.15) is 5.25 Å². The van der Waals surface area contributed by atoms with Crippen molar-refractivity contribution in [3.8, 4) is 6.07 Å². The molecule has 1 unspecified atom stereocenters. The smallest absolute Gasteiger partial charge is 0.196 e. The van der Waals surface area contributed by atoms with Gasteiger partial charge in [0.2, 0.25) is 0 Å². The van der Waals surface area contributed by atoms with Gasteiger partial charge in [-0.3, -0.25) is 4.79 Å². The number of thioether (sulfide) groups is 1. The molecule has 2 aromatic rings. The van der Waals surface area contributed by atoms with Crippen LogP contribution in [0.3, 0.4) is 0 Å². The minimum atomic E-state index is -0.429. The van der Waals surface area contributed by atoms with Gasteiger partial charge in [-0.25, -0.2) is 0 Å². The maximum absolute atomic E-state index is 12.8. The van der Waals surface area contributed by atoms with Crippen molar-refractivity contribution in [2.45, 2.75) is 12.2 Å². The average Bonchev–Trinajstić information content (AvgIpc) is 2.51. The van der Waals surface area contributed by atoms with Crippen LogP contribution >= 0.6 is 35.0 Å². The van der Waals surface area contributed by atoms with Gasteiger partial charge in [0, 0.05) is 27.4 Å². The molecule has 0 radical (unpaired) electrons. The highest BCUT2D eigenvalue weighted by Crippen LogP contribution is 2.35. The number of aryl methyl sites for hydroxylation is 1. The molecule has 0 aromatic heterocycles. The first kappa shape index (κ1) is 17.7. The molecule has 0 heterocycles. The minimum Gasteiger partial charge on any atom is -0.398 e. The molecular weight excluding hydrogens is 351 g/mol. The molecule has 0 bridgehead atoms. The van der Waals surface area contributed by atoms with Gasteiger partial charge in [0.25, 0.3) is 0 Å². The van der Waals surface area contributed by atoms with Gasteiger partial charge in [0.15, 0.2) is 5.78 Å². The molecule has 0 saturated carbocycles. The highest BCUT2D eigenvalue weighted by atomic mass is 35.5. The molecule has 0 fully saturated rings. The van der Waals surface area contributed by atoms with Crippen molar-refractivity contribution in [1.82, 2.24) is 0 Å². The Morgan fingerprint density at radius 3 is 2.52 bits per heavy atom. The quantitative estimate of drug-likeness (QED) is 0.609. The molecule has 0 aliphatic heterocycles. The number of benzene rings is 2. The molecule has 0 aliphatic rings. The van der Waals surface area contributed by atoms with Crippen molar-refractivity contribution in [1.29, 1.82) is 5.26 Å². The summed E-state index contributed by atoms with van der Waals surface area (Å²) in [6.45, 7) is 1.86. The van der Waals surface area contributed by atoms with Gasteiger partial charge in [-0.05, 0) is 43.0 Å². The van der Waals surface area contributed by atoms with Crippen LogP contribution in [0.2, 0.25) is 10.0 Å². The summed E-state index contributed by atoms with van der Waals surface area (Å²) in [5.41, 5.74) is 8.66. The molecule has 2 N–H and O–H groups in total. The molecule has 0 amide bonds. The second-order valence-corrected chi connectivity index (χ2v) is 6.80. The second kappa shape index (κ2) is 7.27. The van der Waals surface area contributed by atoms with E-state index < -0.39 is 5.25 Å². The Morgan fingerprint density at radius 2 is 1.96 bits per heavy atom. The van der Waals surface area contributed by atoms with Crippen molar-refractivity contribution in [2.75, 3.05) is 12.0 Å². The summed E-state index contributed by atoms with van der Waals surface area (Å²) < 4.78 is 0. The number of ketones is 1. The molecule has 23 heavy (non-hydrogen) atoms. The fraction of sp³-hybridized carbons (Fsp3) is 0.176. The molecule has 2 rings (SSSR count). The molecule has 2 aromatic carbocycles. The summed E-state index contributed by atoms with van der Waals surface area (Å²) in [6.07, 6.45) is 1.83. The lowest BCUT2D eigenvalue weighted by Gasteiger charge is -2.15. The first-order valence-corrected chi connectivity index (χ1v) is 8.75. The summed E-state index contributed by atoms with van der Waals surface area (Å²) in [4.78, 5) is 12.8. The first-order valence-electron chi connectivity index (χ1n) is 6.71. The number of hydrogen-bond acceptors (Lipinski definition) is 4. The van der Waals surface area contributed by atoms with Gasteiger partial charge in [-0.1, -0.05) is 29.3 Å². The number of nitrogen functional groups attached to an aromatic ring is 1. The Labute approximate surface area is 149 Å². The summed E-state index contributed by atoms with van der Waals surface area (Å²) >= 11 is 13.4. The van der Waals surface area contributed by atoms with Crippen LogP contribution in [0, 0.1) is 18.3 Å². The fourth-order valence-corrected chi connectivity index (χ4v) is 3.35. The third-order valence-electron chi connectivity index (χ3n) is 3.41. The van der Waals surface area contributed by atoms with E-state index in [2.05, 4.69) is 6.07 Å². The maximum atomic E-state index is 12.8. The zero-order chi connectivity index (χ0) is 17.1. The molecule has 6 heteroatoms. The molecule has 0 aliphatic carbocycles. The maximum Gasteiger partial charge on any atom is 0.196 e. The topological polar surface area (TPSA) is 66.9 Å². The van der Waals surface area contributed by atoms with E-state index in [4.69, 9.17) is 28.9 Å². The lowest BCUT2D eigenvalue weighted by molar-refractivity contribution is 0.103. The molecule has 3 nitrogen and oxygen atoms in total. The summed E-state index contributed by atoms with van der Waals surface area (Å²) in [6, 6.07) is 10.4. The Hall–Kier alpha value is -1.67. The second-order valence-electron chi connectivity index (χ2n) is 5.01. The molecule has 0 saturated heterocycles. The largest absolute Gasteiger partial charge is 0.398 e. The molecule has 1 atom stereocenters. The van der Waals surface area contributed by atoms with Gasteiger partial charge in [0.05, 0.1) is 11.1 Å². The third kappa shape index (κ3) is 3.64. The zero-order valence-electron chi connectivity index (χ0n) is 12.6. The van der Waals surface area contributed by atoms with E-state index in [1.54, 1.807) is 18.2 Å². The van der Waals surface area contributed by atoms with Crippen LogP contribution in [0.15, 0.2) is 30.3 Å². The Morgan fingerprint density at radius 1 is 1.26 bits per heavy atom. The van der Waals surface area contributed by atoms with Crippen molar-refractivity contribution < 1.29 is 4.79 Å². The van der Waals surface area contributed by atoms with Gasteiger partial charge in [-0.15, -0.1) is 11.8 Å². The van der Waals surface area contributed by atoms with Crippen LogP contribution < -0.4 is 5.73 Å². The van der Waals surface area contributed by atoms with Crippen molar-refractivity contribution in [3.05, 3.63) is 62.6 Å². The number of rotatable bonds is 4. The molecule has 118 valence electrons. The summed E-state index contributed by atoms with van der Waals surface area (Å²) in [7, 11) is 0. The van der Waals surface area contributed by atoms with Crippen molar-refractivity contribution in [2.24, 2.45) is 0 Å². The number of hydrogen-bond donors (Lipinski definition) is 1. The van der Waals surface area contributed by atoms with Crippen LogP contribution in [0.4, 0.5) is 5.69 Å². The van der Waals surface area contributed by atoms with E-state index in [0.717, 1.165) is 5.56 Å². The normalized spacial score (nSPS) is 11.8. The zero-order valence-corrected chi connectivity index (χ0v) is 14.9. The van der Waals surface area contributed by atoms with E-state index in [9.17, 15) is 10.1 Å². The fourth-order valence-electron chi connectivity index (χ4n) is 2.30. The molecular formula is C17H14Cl2N2OS. The highest BCUT2D eigenvalue weighted by molar-refractivity contribution is 7.99. The molecule has 0 spiro atoms. The Kier molecular flexibility index (Phi) is 5.59. The van der Waals surface area contributed by atoms with Crippen LogP contribution in [-0.2, 0) is 0 Å². The number of carbonyl (C=O) groups is 1. The minimum absolute atomic E-state index is 0.270. The third-order valence-corrected chi connectivity index (χ3v) is 4.79. The van der Waals surface area contributed by atoms with E-state index in [0.29, 0.717) is 27.4 Å². The highest BCUT2D eigenvalue weighted by Gasteiger charge is 2.21. The van der Waals surface area contributed by atoms with Crippen LogP contribution in [0.25, 0.3) is 0 Å². The van der Waals surface area contributed by atoms with Crippen LogP contribution in [0.5, 0.6) is 0 Å². The standard InChI is InChI=1S/C17H14Cl2N2OS/c1-9-5-12(15(8-20)23-2)16(21)13(6-9)17(22)11-4-3-10(18)7-14(11)19/h3-7,15H,21H2,1-2H3. The first-order chi connectivity index (χ1) is 10.9. The SMILES string of the molecule is CSC(C#N)c1cc(C)cc(C(=O)c2ccc(Cl)cc2Cl)c1N. The van der Waals surface area contributed by atoms with Crippen molar-refractivity contribution >= 4 is 46.4 Å². The lowest BCUT2D eigenvalue weighted by atomic mass is 9.95. The average molecular weight is 365 g/mol. The van der Waals surface area contributed by atoms with E-state index in [1.165, 1.54) is 17.8 Å². The predicted molar refractivity (Wildman–Crippen MR) is 97.4 cm³/mol. The van der Waals surface area contributed by atoms with Crippen molar-refractivity contribution in [3.63, 3.8) is 0 Å². The number of anilines is 1. The monoisotopic (exact) mass is 364 g/mol. The Balaban J connectivity index is 2.59. The number of nitrogens with two attached hydrogens (primary N) is 1. The van der Waals surface area contributed by atoms with Crippen LogP contribution in [-0.4, -0.2) is 12.0 Å². The van der Waals surface area contributed by atoms with E-state index in [-0.39, 0.29) is 10.8 Å². The van der Waals surface area contributed by atoms with E-state index in [1.807, 2.05) is 19.2 Å². The van der Waals surface area contributed by atoms with E-state index >= 15 is 0 Å². The van der Waals surface area contributed by atoms with Gasteiger partial charge >= 0.3 is 0 Å². The number of halogens is 2. The summed E-state index contributed by atoms with van der Waals surface area (Å²) in [5, 5.41) is 9.57. The Bertz CT molecular complexity index is 815. The summed E-state index contributed by atoms with van der Waals surface area (Å²) in [5.74, 6) is -0.285. The van der Waals surface area contributed by atoms with Gasteiger partial charge in [-0.2, -0.15) is 5.26 Å². The number of nitriles is 1. The predicted octanol–water partition coefficient (Wildman–Crippen LogP) is 5.04.